The van der Waals surface area contributed by atoms with Crippen molar-refractivity contribution in [2.45, 2.75) is 64.0 Å². The van der Waals surface area contributed by atoms with Gasteiger partial charge in [0.2, 0.25) is 5.90 Å². The quantitative estimate of drug-likeness (QED) is 0.725. The zero-order valence-corrected chi connectivity index (χ0v) is 12.7. The van der Waals surface area contributed by atoms with Crippen LogP contribution in [0.1, 0.15) is 52.4 Å². The normalized spacial score (nSPS) is 46.2. The van der Waals surface area contributed by atoms with Crippen molar-refractivity contribution in [3.8, 4) is 0 Å². The second kappa shape index (κ2) is 4.57. The molecule has 0 aromatic carbocycles. The first-order chi connectivity index (χ1) is 9.62. The van der Waals surface area contributed by atoms with Crippen LogP contribution in [0.25, 0.3) is 0 Å². The van der Waals surface area contributed by atoms with Gasteiger partial charge in [-0.1, -0.05) is 13.8 Å². The van der Waals surface area contributed by atoms with Crippen LogP contribution >= 0.6 is 0 Å². The molecule has 4 aliphatic carbocycles. The third-order valence-corrected chi connectivity index (χ3v) is 5.92. The van der Waals surface area contributed by atoms with Gasteiger partial charge in [-0.25, -0.2) is 4.99 Å². The molecule has 1 atom stereocenters. The Morgan fingerprint density at radius 2 is 1.75 bits per heavy atom. The number of hydrogen-bond donors (Lipinski definition) is 0. The van der Waals surface area contributed by atoms with E-state index >= 15 is 0 Å². The van der Waals surface area contributed by atoms with Crippen LogP contribution < -0.4 is 0 Å². The van der Waals surface area contributed by atoms with Gasteiger partial charge in [-0.3, -0.25) is 4.99 Å². The van der Waals surface area contributed by atoms with E-state index in [1.165, 1.54) is 38.5 Å². The molecule has 0 N–H and O–H groups in total. The lowest BCUT2D eigenvalue weighted by Crippen LogP contribution is -2.49. The highest BCUT2D eigenvalue weighted by atomic mass is 16.5. The Morgan fingerprint density at radius 1 is 1.15 bits per heavy atom. The van der Waals surface area contributed by atoms with E-state index in [2.05, 4.69) is 18.8 Å². The predicted octanol–water partition coefficient (Wildman–Crippen LogP) is 3.48. The summed E-state index contributed by atoms with van der Waals surface area (Å²) in [5, 5.41) is 0. The molecule has 110 valence electrons. The highest BCUT2D eigenvalue weighted by molar-refractivity contribution is 6.27. The van der Waals surface area contributed by atoms with Crippen molar-refractivity contribution in [3.63, 3.8) is 0 Å². The fourth-order valence-corrected chi connectivity index (χ4v) is 5.24. The summed E-state index contributed by atoms with van der Waals surface area (Å²) in [7, 11) is 0. The number of ether oxygens (including phenoxy) is 1. The number of nitrogens with zero attached hydrogens (tertiary/aromatic N) is 2. The average Bonchev–Trinajstić information content (AvgIpc) is 2.84. The number of rotatable bonds is 3. The first-order valence-electron chi connectivity index (χ1n) is 8.38. The largest absolute Gasteiger partial charge is 0.475 e. The van der Waals surface area contributed by atoms with Crippen molar-refractivity contribution in [1.29, 1.82) is 0 Å². The van der Waals surface area contributed by atoms with Gasteiger partial charge in [-0.05, 0) is 62.2 Å². The molecule has 3 heteroatoms. The molecule has 3 nitrogen and oxygen atoms in total. The van der Waals surface area contributed by atoms with Crippen molar-refractivity contribution in [2.24, 2.45) is 33.7 Å². The monoisotopic (exact) mass is 274 g/mol. The van der Waals surface area contributed by atoms with Gasteiger partial charge in [0.05, 0.1) is 17.8 Å². The van der Waals surface area contributed by atoms with Crippen LogP contribution in [0.15, 0.2) is 9.98 Å². The minimum atomic E-state index is 0.247. The average molecular weight is 274 g/mol. The Balaban J connectivity index is 1.49. The number of aliphatic imine (C=N–C) groups is 2. The number of hydrogen-bond acceptors (Lipinski definition) is 3. The standard InChI is InChI=1S/C17H26N2O/c1-11(2)15-10-20-16(19-15)9-18-17-6-12-3-13(7-17)5-14(4-12)8-17/h9,11-15H,3-8,10H2,1-2H3/t12?,13?,14?,15-,17?/m1/s1. The maximum atomic E-state index is 5.69. The second-order valence-corrected chi connectivity index (χ2v) is 7.99. The third kappa shape index (κ3) is 2.19. The summed E-state index contributed by atoms with van der Waals surface area (Å²) in [6.45, 7) is 5.15. The first kappa shape index (κ1) is 12.8. The van der Waals surface area contributed by atoms with Crippen LogP contribution in [0.3, 0.4) is 0 Å². The Hall–Kier alpha value is -0.860. The Morgan fingerprint density at radius 3 is 2.25 bits per heavy atom. The molecule has 0 aromatic heterocycles. The van der Waals surface area contributed by atoms with Crippen LogP contribution in [-0.4, -0.2) is 30.3 Å². The molecule has 20 heavy (non-hydrogen) atoms. The molecule has 0 unspecified atom stereocenters. The molecule has 0 radical (unpaired) electrons. The van der Waals surface area contributed by atoms with Crippen molar-refractivity contribution in [1.82, 2.24) is 0 Å². The minimum Gasteiger partial charge on any atom is -0.475 e. The fraction of sp³-hybridized carbons (Fsp3) is 0.882. The van der Waals surface area contributed by atoms with E-state index in [0.29, 0.717) is 12.0 Å². The molecule has 5 rings (SSSR count). The lowest BCUT2D eigenvalue weighted by molar-refractivity contribution is 0.00196. The van der Waals surface area contributed by atoms with Crippen LogP contribution in [0.4, 0.5) is 0 Å². The summed E-state index contributed by atoms with van der Waals surface area (Å²) < 4.78 is 5.69. The van der Waals surface area contributed by atoms with Crippen molar-refractivity contribution in [3.05, 3.63) is 0 Å². The second-order valence-electron chi connectivity index (χ2n) is 7.99. The Labute approximate surface area is 121 Å². The highest BCUT2D eigenvalue weighted by Crippen LogP contribution is 2.57. The van der Waals surface area contributed by atoms with Gasteiger partial charge in [0.1, 0.15) is 6.61 Å². The topological polar surface area (TPSA) is 34.0 Å². The van der Waals surface area contributed by atoms with Gasteiger partial charge in [0.25, 0.3) is 0 Å². The first-order valence-corrected chi connectivity index (χ1v) is 8.38. The van der Waals surface area contributed by atoms with Crippen molar-refractivity contribution < 1.29 is 4.74 Å². The van der Waals surface area contributed by atoms with Gasteiger partial charge in [-0.15, -0.1) is 0 Å². The predicted molar refractivity (Wildman–Crippen MR) is 81.4 cm³/mol. The van der Waals surface area contributed by atoms with Crippen LogP contribution in [0.5, 0.6) is 0 Å². The minimum absolute atomic E-state index is 0.247. The molecule has 5 aliphatic rings. The van der Waals surface area contributed by atoms with E-state index in [1.54, 1.807) is 0 Å². The summed E-state index contributed by atoms with van der Waals surface area (Å²) in [5.41, 5.74) is 0.247. The molecule has 1 aliphatic heterocycles. The molecule has 1 heterocycles. The summed E-state index contributed by atoms with van der Waals surface area (Å²) in [4.78, 5) is 9.66. The molecule has 0 amide bonds. The maximum Gasteiger partial charge on any atom is 0.227 e. The van der Waals surface area contributed by atoms with E-state index < -0.39 is 0 Å². The van der Waals surface area contributed by atoms with E-state index in [0.717, 1.165) is 30.3 Å². The molecular weight excluding hydrogens is 248 g/mol. The molecule has 4 fully saturated rings. The lowest BCUT2D eigenvalue weighted by atomic mass is 9.53. The molecule has 0 spiro atoms. The Bertz CT molecular complexity index is 417. The van der Waals surface area contributed by atoms with E-state index in [9.17, 15) is 0 Å². The SMILES string of the molecule is CC(C)[C@H]1COC(C=NC23CC4CC(CC(C4)C2)C3)=N1. The van der Waals surface area contributed by atoms with E-state index in [1.807, 2.05) is 6.21 Å². The van der Waals surface area contributed by atoms with Crippen molar-refractivity contribution >= 4 is 12.1 Å². The molecular formula is C17H26N2O. The molecule has 4 saturated carbocycles. The third-order valence-electron chi connectivity index (χ3n) is 5.92. The van der Waals surface area contributed by atoms with E-state index in [4.69, 9.17) is 9.73 Å². The summed E-state index contributed by atoms with van der Waals surface area (Å²) in [6.07, 6.45) is 10.3. The molecule has 0 saturated heterocycles. The summed E-state index contributed by atoms with van der Waals surface area (Å²) in [5.74, 6) is 4.19. The Kier molecular flexibility index (Phi) is 2.94. The van der Waals surface area contributed by atoms with Gasteiger partial charge in [0.15, 0.2) is 0 Å². The van der Waals surface area contributed by atoms with Crippen LogP contribution in [0, 0.1) is 23.7 Å². The fourth-order valence-electron chi connectivity index (χ4n) is 5.24. The lowest BCUT2D eigenvalue weighted by Gasteiger charge is -2.54. The van der Waals surface area contributed by atoms with Gasteiger partial charge < -0.3 is 4.74 Å². The van der Waals surface area contributed by atoms with Gasteiger partial charge in [-0.2, -0.15) is 0 Å². The van der Waals surface area contributed by atoms with Crippen LogP contribution in [-0.2, 0) is 4.74 Å². The summed E-state index contributed by atoms with van der Waals surface area (Å²) >= 11 is 0. The molecule has 4 bridgehead atoms. The zero-order chi connectivity index (χ0) is 13.7. The smallest absolute Gasteiger partial charge is 0.227 e. The van der Waals surface area contributed by atoms with Gasteiger partial charge in [0, 0.05) is 0 Å². The van der Waals surface area contributed by atoms with Crippen molar-refractivity contribution in [2.75, 3.05) is 6.61 Å². The van der Waals surface area contributed by atoms with Crippen LogP contribution in [0.2, 0.25) is 0 Å². The zero-order valence-electron chi connectivity index (χ0n) is 12.7. The summed E-state index contributed by atoms with van der Waals surface area (Å²) in [6, 6.07) is 0.327. The van der Waals surface area contributed by atoms with Gasteiger partial charge >= 0.3 is 0 Å². The van der Waals surface area contributed by atoms with E-state index in [-0.39, 0.29) is 5.54 Å². The highest BCUT2D eigenvalue weighted by Gasteiger charge is 2.50. The maximum absolute atomic E-state index is 5.69. The molecule has 0 aromatic rings.